The maximum atomic E-state index is 14.0. The van der Waals surface area contributed by atoms with E-state index in [-0.39, 0.29) is 24.3 Å². The van der Waals surface area contributed by atoms with Crippen LogP contribution in [0.4, 0.5) is 0 Å². The molecule has 184 valence electrons. The van der Waals surface area contributed by atoms with E-state index < -0.39 is 5.54 Å². The van der Waals surface area contributed by atoms with Crippen LogP contribution >= 0.6 is 0 Å². The first-order valence-electron chi connectivity index (χ1n) is 12.3. The highest BCUT2D eigenvalue weighted by Gasteiger charge is 2.52. The van der Waals surface area contributed by atoms with Gasteiger partial charge in [0, 0.05) is 12.1 Å². The van der Waals surface area contributed by atoms with Crippen LogP contribution in [-0.2, 0) is 23.3 Å². The van der Waals surface area contributed by atoms with Gasteiger partial charge in [0.05, 0.1) is 6.54 Å². The lowest BCUT2D eigenvalue weighted by atomic mass is 9.82. The Morgan fingerprint density at radius 1 is 0.784 bits per heavy atom. The predicted octanol–water partition coefficient (Wildman–Crippen LogP) is 4.47. The number of nitrogens with zero attached hydrogens (tertiary/aromatic N) is 1. The molecule has 0 radical (unpaired) electrons. The van der Waals surface area contributed by atoms with E-state index in [4.69, 9.17) is 5.41 Å². The van der Waals surface area contributed by atoms with E-state index in [9.17, 15) is 9.59 Å². The molecule has 1 saturated heterocycles. The van der Waals surface area contributed by atoms with Gasteiger partial charge in [0.25, 0.3) is 11.8 Å². The van der Waals surface area contributed by atoms with Crippen molar-refractivity contribution in [1.82, 2.24) is 15.5 Å². The molecule has 6 nitrogen and oxygen atoms in total. The van der Waals surface area contributed by atoms with Gasteiger partial charge in [-0.1, -0.05) is 103 Å². The zero-order chi connectivity index (χ0) is 25.7. The molecule has 1 aliphatic heterocycles. The monoisotopic (exact) mass is 488 g/mol. The van der Waals surface area contributed by atoms with Crippen LogP contribution in [0.2, 0.25) is 0 Å². The first-order valence-corrected chi connectivity index (χ1v) is 12.3. The molecular weight excluding hydrogens is 460 g/mol. The summed E-state index contributed by atoms with van der Waals surface area (Å²) in [6.45, 7) is 0.708. The highest BCUT2D eigenvalue weighted by atomic mass is 16.2. The third-order valence-electron chi connectivity index (χ3n) is 6.63. The van der Waals surface area contributed by atoms with Crippen LogP contribution in [0.25, 0.3) is 0 Å². The fourth-order valence-electron chi connectivity index (χ4n) is 4.75. The molecule has 0 spiro atoms. The molecule has 0 bridgehead atoms. The maximum Gasteiger partial charge on any atom is 0.264 e. The zero-order valence-corrected chi connectivity index (χ0v) is 20.4. The molecule has 0 atom stereocenters. The number of nitrogens with one attached hydrogen (secondary N) is 3. The Bertz CT molecular complexity index is 1370. The van der Waals surface area contributed by atoms with E-state index in [1.54, 1.807) is 18.2 Å². The summed E-state index contributed by atoms with van der Waals surface area (Å²) in [5.41, 5.74) is 2.80. The molecule has 5 rings (SSSR count). The van der Waals surface area contributed by atoms with Gasteiger partial charge in [-0.15, -0.1) is 0 Å². The van der Waals surface area contributed by atoms with Crippen molar-refractivity contribution in [1.29, 1.82) is 5.41 Å². The van der Waals surface area contributed by atoms with Gasteiger partial charge in [-0.25, -0.2) is 0 Å². The third kappa shape index (κ3) is 4.86. The number of carbonyl (C=O) groups excluding carboxylic acids is 2. The van der Waals surface area contributed by atoms with Crippen molar-refractivity contribution in [2.75, 3.05) is 6.54 Å². The fourth-order valence-corrected chi connectivity index (χ4v) is 4.75. The normalized spacial score (nSPS) is 14.3. The second kappa shape index (κ2) is 10.5. The molecule has 4 aromatic rings. The van der Waals surface area contributed by atoms with Gasteiger partial charge in [-0.05, 0) is 40.8 Å². The second-order valence-electron chi connectivity index (χ2n) is 9.04. The van der Waals surface area contributed by atoms with Gasteiger partial charge in [0.15, 0.2) is 11.5 Å². The van der Waals surface area contributed by atoms with Gasteiger partial charge < -0.3 is 10.6 Å². The molecule has 37 heavy (non-hydrogen) atoms. The number of rotatable bonds is 8. The number of carbonyl (C=O) groups is 2. The molecule has 2 amide bonds. The number of guanidine groups is 1. The largest absolute Gasteiger partial charge is 0.352 e. The summed E-state index contributed by atoms with van der Waals surface area (Å²) in [6, 6.07) is 36.2. The van der Waals surface area contributed by atoms with Crippen molar-refractivity contribution < 1.29 is 9.59 Å². The molecule has 3 N–H and O–H groups in total. The lowest BCUT2D eigenvalue weighted by Crippen LogP contribution is -2.45. The van der Waals surface area contributed by atoms with E-state index in [1.807, 2.05) is 97.1 Å². The van der Waals surface area contributed by atoms with Crippen molar-refractivity contribution in [3.05, 3.63) is 143 Å². The quantitative estimate of drug-likeness (QED) is 0.342. The zero-order valence-electron chi connectivity index (χ0n) is 20.4. The van der Waals surface area contributed by atoms with Crippen LogP contribution in [0.15, 0.2) is 115 Å². The minimum atomic E-state index is -1.19. The highest BCUT2D eigenvalue weighted by Crippen LogP contribution is 2.36. The summed E-state index contributed by atoms with van der Waals surface area (Å²) in [5.74, 6) is -0.371. The molecule has 0 saturated carbocycles. The summed E-state index contributed by atoms with van der Waals surface area (Å²) in [7, 11) is 0. The molecule has 1 fully saturated rings. The Morgan fingerprint density at radius 3 is 1.97 bits per heavy atom. The average molecular weight is 489 g/mol. The minimum absolute atomic E-state index is 0.0235. The maximum absolute atomic E-state index is 14.0. The van der Waals surface area contributed by atoms with E-state index in [0.29, 0.717) is 12.1 Å². The Morgan fingerprint density at radius 2 is 1.35 bits per heavy atom. The molecule has 1 aliphatic rings. The Labute approximate surface area is 216 Å². The van der Waals surface area contributed by atoms with Crippen molar-refractivity contribution in [2.45, 2.75) is 18.5 Å². The van der Waals surface area contributed by atoms with Gasteiger partial charge >= 0.3 is 0 Å². The van der Waals surface area contributed by atoms with Crippen molar-refractivity contribution in [3.8, 4) is 0 Å². The topological polar surface area (TPSA) is 85.3 Å². The van der Waals surface area contributed by atoms with Crippen LogP contribution < -0.4 is 10.6 Å². The fraction of sp³-hybridized carbons (Fsp3) is 0.129. The summed E-state index contributed by atoms with van der Waals surface area (Å²) < 4.78 is 0. The Hall–Kier alpha value is -4.71. The summed E-state index contributed by atoms with van der Waals surface area (Å²) in [6.07, 6.45) is 0.748. The number of amides is 2. The van der Waals surface area contributed by atoms with Crippen LogP contribution in [0.5, 0.6) is 0 Å². The first-order chi connectivity index (χ1) is 18.1. The molecule has 0 aliphatic carbocycles. The lowest BCUT2D eigenvalue weighted by molar-refractivity contribution is -0.130. The van der Waals surface area contributed by atoms with Crippen molar-refractivity contribution in [3.63, 3.8) is 0 Å². The summed E-state index contributed by atoms with van der Waals surface area (Å²) in [4.78, 5) is 28.2. The highest BCUT2D eigenvalue weighted by molar-refractivity contribution is 6.10. The number of hydrogen-bond donors (Lipinski definition) is 3. The third-order valence-corrected chi connectivity index (χ3v) is 6.63. The standard InChI is InChI=1S/C31H28N4O2/c32-30-34-31(26-15-6-2-7-16-26,27-17-8-3-9-18-27)29(37)35(30)22-24-13-10-14-25(21-24)28(36)33-20-19-23-11-4-1-5-12-23/h1-18,21H,19-20,22H2,(H2,32,34)(H,33,36). The van der Waals surface area contributed by atoms with Gasteiger partial charge in [0.2, 0.25) is 0 Å². The summed E-state index contributed by atoms with van der Waals surface area (Å²) >= 11 is 0. The lowest BCUT2D eigenvalue weighted by Gasteiger charge is -2.28. The molecule has 6 heteroatoms. The Balaban J connectivity index is 1.34. The van der Waals surface area contributed by atoms with Crippen LogP contribution in [0.3, 0.4) is 0 Å². The van der Waals surface area contributed by atoms with E-state index in [0.717, 1.165) is 28.7 Å². The van der Waals surface area contributed by atoms with E-state index in [2.05, 4.69) is 10.6 Å². The SMILES string of the molecule is N=C1NC(c2ccccc2)(c2ccccc2)C(=O)N1Cc1cccc(C(=O)NCCc2ccccc2)c1. The molecule has 0 unspecified atom stereocenters. The number of hydrogen-bond acceptors (Lipinski definition) is 3. The van der Waals surface area contributed by atoms with E-state index in [1.165, 1.54) is 4.90 Å². The summed E-state index contributed by atoms with van der Waals surface area (Å²) in [5, 5.41) is 14.8. The average Bonchev–Trinajstić information content (AvgIpc) is 3.20. The van der Waals surface area contributed by atoms with Gasteiger partial charge in [0.1, 0.15) is 0 Å². The number of benzene rings is 4. The molecule has 4 aromatic carbocycles. The molecule has 0 aromatic heterocycles. The van der Waals surface area contributed by atoms with Gasteiger partial charge in [-0.2, -0.15) is 0 Å². The molecular formula is C31H28N4O2. The van der Waals surface area contributed by atoms with Crippen LogP contribution in [0.1, 0.15) is 32.6 Å². The molecule has 1 heterocycles. The smallest absolute Gasteiger partial charge is 0.264 e. The van der Waals surface area contributed by atoms with Crippen molar-refractivity contribution >= 4 is 17.8 Å². The van der Waals surface area contributed by atoms with Gasteiger partial charge in [-0.3, -0.25) is 19.9 Å². The Kier molecular flexibility index (Phi) is 6.81. The van der Waals surface area contributed by atoms with Crippen molar-refractivity contribution in [2.24, 2.45) is 0 Å². The predicted molar refractivity (Wildman–Crippen MR) is 144 cm³/mol. The minimum Gasteiger partial charge on any atom is -0.352 e. The van der Waals surface area contributed by atoms with Crippen LogP contribution in [0, 0.1) is 5.41 Å². The first kappa shape index (κ1) is 24.0. The second-order valence-corrected chi connectivity index (χ2v) is 9.04. The van der Waals surface area contributed by atoms with Crippen LogP contribution in [-0.4, -0.2) is 29.2 Å². The van der Waals surface area contributed by atoms with E-state index >= 15 is 0 Å².